The molecule has 2 bridgehead atoms. The van der Waals surface area contributed by atoms with Gasteiger partial charge in [-0.05, 0) is 36.8 Å². The number of nitrogens with zero attached hydrogens (tertiary/aromatic N) is 2. The lowest BCUT2D eigenvalue weighted by Crippen LogP contribution is -2.45. The van der Waals surface area contributed by atoms with Crippen LogP contribution in [-0.2, 0) is 14.4 Å². The van der Waals surface area contributed by atoms with E-state index >= 15 is 0 Å². The summed E-state index contributed by atoms with van der Waals surface area (Å²) in [6.07, 6.45) is 5.06. The Bertz CT molecular complexity index is 740. The highest BCUT2D eigenvalue weighted by atomic mass is 16.2. The number of benzene rings is 1. The first-order valence-electron chi connectivity index (χ1n) is 8.36. The lowest BCUT2D eigenvalue weighted by atomic mass is 9.85. The molecule has 4 atom stereocenters. The molecule has 0 radical (unpaired) electrons. The Balaban J connectivity index is 1.62. The molecule has 0 spiro atoms. The van der Waals surface area contributed by atoms with Crippen molar-refractivity contribution in [1.82, 2.24) is 4.90 Å². The average Bonchev–Trinajstić information content (AvgIpc) is 3.22. The molecule has 0 aromatic heterocycles. The van der Waals surface area contributed by atoms with Gasteiger partial charge in [-0.25, -0.2) is 0 Å². The molecule has 1 aromatic carbocycles. The fraction of sp³-hybridized carbons (Fsp3) is 0.421. The monoisotopic (exact) mass is 324 g/mol. The van der Waals surface area contributed by atoms with Crippen LogP contribution in [-0.4, -0.2) is 29.3 Å². The fourth-order valence-electron chi connectivity index (χ4n) is 4.46. The Kier molecular flexibility index (Phi) is 3.34. The lowest BCUT2D eigenvalue weighted by Gasteiger charge is -2.28. The van der Waals surface area contributed by atoms with Gasteiger partial charge >= 0.3 is 0 Å². The number of carbonyl (C=O) groups is 3. The van der Waals surface area contributed by atoms with Crippen LogP contribution in [0.4, 0.5) is 5.69 Å². The number of anilines is 1. The Morgan fingerprint density at radius 3 is 2.25 bits per heavy atom. The Morgan fingerprint density at radius 1 is 1.12 bits per heavy atom. The molecule has 24 heavy (non-hydrogen) atoms. The van der Waals surface area contributed by atoms with Gasteiger partial charge in [-0.1, -0.05) is 30.4 Å². The van der Waals surface area contributed by atoms with Crippen molar-refractivity contribution in [3.63, 3.8) is 0 Å². The van der Waals surface area contributed by atoms with E-state index in [1.807, 2.05) is 31.2 Å². The number of carbonyl (C=O) groups excluding carboxylic acids is 3. The molecule has 1 aliphatic heterocycles. The first kappa shape index (κ1) is 15.1. The van der Waals surface area contributed by atoms with Crippen LogP contribution in [0.1, 0.15) is 18.9 Å². The van der Waals surface area contributed by atoms with Crippen molar-refractivity contribution in [1.29, 1.82) is 0 Å². The predicted octanol–water partition coefficient (Wildman–Crippen LogP) is 2.11. The van der Waals surface area contributed by atoms with Crippen LogP contribution in [0.2, 0.25) is 0 Å². The van der Waals surface area contributed by atoms with Gasteiger partial charge in [0.25, 0.3) is 0 Å². The van der Waals surface area contributed by atoms with Gasteiger partial charge < -0.3 is 0 Å². The van der Waals surface area contributed by atoms with Crippen molar-refractivity contribution in [3.05, 3.63) is 42.0 Å². The summed E-state index contributed by atoms with van der Waals surface area (Å²) in [5, 5.41) is 0. The number of fused-ring (bicyclic) bond motifs is 5. The molecule has 1 saturated carbocycles. The quantitative estimate of drug-likeness (QED) is 0.632. The number of hydrogen-bond donors (Lipinski definition) is 0. The minimum atomic E-state index is -0.224. The van der Waals surface area contributed by atoms with E-state index in [1.165, 1.54) is 16.7 Å². The van der Waals surface area contributed by atoms with Crippen molar-refractivity contribution in [2.24, 2.45) is 23.7 Å². The number of hydrogen-bond acceptors (Lipinski definition) is 3. The highest BCUT2D eigenvalue weighted by molar-refractivity contribution is 6.07. The van der Waals surface area contributed by atoms with Crippen molar-refractivity contribution in [2.75, 3.05) is 11.6 Å². The maximum absolute atomic E-state index is 12.8. The fourth-order valence-corrected chi connectivity index (χ4v) is 4.46. The number of aryl methyl sites for hydroxylation is 1. The molecule has 1 aromatic rings. The molecule has 124 valence electrons. The van der Waals surface area contributed by atoms with Gasteiger partial charge in [-0.15, -0.1) is 0 Å². The minimum Gasteiger partial charge on any atom is -0.294 e. The van der Waals surface area contributed by atoms with Gasteiger partial charge in [-0.3, -0.25) is 24.2 Å². The van der Waals surface area contributed by atoms with Gasteiger partial charge in [0.15, 0.2) is 0 Å². The molecular weight excluding hydrogens is 304 g/mol. The highest BCUT2D eigenvalue weighted by Gasteiger charge is 2.59. The number of imide groups is 1. The summed E-state index contributed by atoms with van der Waals surface area (Å²) in [4.78, 5) is 40.5. The number of para-hydroxylation sites is 1. The Morgan fingerprint density at radius 2 is 1.71 bits per heavy atom. The molecule has 2 fully saturated rings. The second kappa shape index (κ2) is 5.30. The SMILES string of the molecule is CC(=O)N(CN1C(=O)[C@@H]2[C@@H](C1=O)[C@H]1C=C[C@H]2C1)c1ccccc1C. The van der Waals surface area contributed by atoms with E-state index in [2.05, 4.69) is 12.2 Å². The summed E-state index contributed by atoms with van der Waals surface area (Å²) in [6, 6.07) is 7.51. The van der Waals surface area contributed by atoms with Crippen molar-refractivity contribution >= 4 is 23.4 Å². The van der Waals surface area contributed by atoms with Gasteiger partial charge in [0.2, 0.25) is 17.7 Å². The maximum atomic E-state index is 12.8. The van der Waals surface area contributed by atoms with Crippen LogP contribution in [0.5, 0.6) is 0 Å². The highest BCUT2D eigenvalue weighted by Crippen LogP contribution is 2.52. The van der Waals surface area contributed by atoms with Crippen LogP contribution in [0.15, 0.2) is 36.4 Å². The first-order valence-corrected chi connectivity index (χ1v) is 8.36. The van der Waals surface area contributed by atoms with Gasteiger partial charge in [0, 0.05) is 12.6 Å². The molecule has 0 unspecified atom stereocenters. The van der Waals surface area contributed by atoms with E-state index in [0.717, 1.165) is 17.7 Å². The minimum absolute atomic E-state index is 0.00426. The number of allylic oxidation sites excluding steroid dienone is 2. The molecule has 4 rings (SSSR count). The third kappa shape index (κ3) is 2.04. The third-order valence-electron chi connectivity index (χ3n) is 5.63. The maximum Gasteiger partial charge on any atom is 0.235 e. The van der Waals surface area contributed by atoms with E-state index in [4.69, 9.17) is 0 Å². The predicted molar refractivity (Wildman–Crippen MR) is 88.8 cm³/mol. The summed E-state index contributed by atoms with van der Waals surface area (Å²) in [6.45, 7) is 3.38. The summed E-state index contributed by atoms with van der Waals surface area (Å²) >= 11 is 0. The van der Waals surface area contributed by atoms with Gasteiger partial charge in [0.1, 0.15) is 6.67 Å². The van der Waals surface area contributed by atoms with Crippen LogP contribution in [0.3, 0.4) is 0 Å². The van der Waals surface area contributed by atoms with E-state index < -0.39 is 0 Å². The molecule has 2 aliphatic carbocycles. The number of rotatable bonds is 3. The van der Waals surface area contributed by atoms with Gasteiger partial charge in [0.05, 0.1) is 11.8 Å². The average molecular weight is 324 g/mol. The third-order valence-corrected chi connectivity index (χ3v) is 5.63. The normalized spacial score (nSPS) is 30.2. The second-order valence-electron chi connectivity index (χ2n) is 6.98. The van der Waals surface area contributed by atoms with E-state index in [0.29, 0.717) is 0 Å². The van der Waals surface area contributed by atoms with Crippen molar-refractivity contribution < 1.29 is 14.4 Å². The van der Waals surface area contributed by atoms with Crippen LogP contribution in [0.25, 0.3) is 0 Å². The zero-order valence-corrected chi connectivity index (χ0v) is 13.8. The summed E-state index contributed by atoms with van der Waals surface area (Å²) in [7, 11) is 0. The molecule has 1 heterocycles. The first-order chi connectivity index (χ1) is 11.5. The van der Waals surface area contributed by atoms with Crippen LogP contribution in [0, 0.1) is 30.6 Å². The molecule has 3 aliphatic rings. The zero-order chi connectivity index (χ0) is 17.0. The van der Waals surface area contributed by atoms with Crippen LogP contribution < -0.4 is 4.90 Å². The molecule has 5 heteroatoms. The van der Waals surface area contributed by atoms with E-state index in [1.54, 1.807) is 0 Å². The topological polar surface area (TPSA) is 57.7 Å². The standard InChI is InChI=1S/C19H20N2O3/c1-11-5-3-4-6-15(11)20(12(2)22)10-21-18(23)16-13-7-8-14(9-13)17(16)19(21)24/h3-8,13-14,16-17H,9-10H2,1-2H3/t13-,14-,16-,17-/m0/s1. The van der Waals surface area contributed by atoms with Crippen LogP contribution >= 0.6 is 0 Å². The number of likely N-dealkylation sites (tertiary alicyclic amines) is 1. The molecule has 1 saturated heterocycles. The summed E-state index contributed by atoms with van der Waals surface area (Å²) < 4.78 is 0. The number of amides is 3. The summed E-state index contributed by atoms with van der Waals surface area (Å²) in [5.74, 6) is -0.501. The largest absolute Gasteiger partial charge is 0.294 e. The Labute approximate surface area is 140 Å². The van der Waals surface area contributed by atoms with Gasteiger partial charge in [-0.2, -0.15) is 0 Å². The molecule has 3 amide bonds. The molecule has 5 nitrogen and oxygen atoms in total. The lowest BCUT2D eigenvalue weighted by molar-refractivity contribution is -0.140. The Hall–Kier alpha value is -2.43. The smallest absolute Gasteiger partial charge is 0.235 e. The van der Waals surface area contributed by atoms with E-state index in [-0.39, 0.29) is 48.1 Å². The molecule has 0 N–H and O–H groups in total. The summed E-state index contributed by atoms with van der Waals surface area (Å²) in [5.41, 5.74) is 1.68. The van der Waals surface area contributed by atoms with Crippen molar-refractivity contribution in [2.45, 2.75) is 20.3 Å². The van der Waals surface area contributed by atoms with E-state index in [9.17, 15) is 14.4 Å². The van der Waals surface area contributed by atoms with Crippen molar-refractivity contribution in [3.8, 4) is 0 Å². The second-order valence-corrected chi connectivity index (χ2v) is 6.98. The zero-order valence-electron chi connectivity index (χ0n) is 13.8. The molecular formula is C19H20N2O3.